The van der Waals surface area contributed by atoms with E-state index in [2.05, 4.69) is 4.90 Å². The Balaban J connectivity index is 2.13. The van der Waals surface area contributed by atoms with Crippen LogP contribution < -0.4 is 0 Å². The van der Waals surface area contributed by atoms with Gasteiger partial charge in [-0.2, -0.15) is 13.2 Å². The molecule has 1 atom stereocenters. The van der Waals surface area contributed by atoms with E-state index in [4.69, 9.17) is 0 Å². The molecule has 1 heterocycles. The van der Waals surface area contributed by atoms with E-state index in [1.54, 1.807) is 0 Å². The highest BCUT2D eigenvalue weighted by molar-refractivity contribution is 7.90. The summed E-state index contributed by atoms with van der Waals surface area (Å²) in [6, 6.07) is 5.20. The molecule has 1 saturated heterocycles. The van der Waals surface area contributed by atoms with Crippen molar-refractivity contribution in [1.29, 1.82) is 0 Å². The molecule has 0 aromatic heterocycles. The van der Waals surface area contributed by atoms with Gasteiger partial charge in [0.1, 0.15) is 9.84 Å². The first-order chi connectivity index (χ1) is 10.2. The molecule has 1 aromatic rings. The van der Waals surface area contributed by atoms with Crippen molar-refractivity contribution in [2.45, 2.75) is 31.5 Å². The Bertz CT molecular complexity index is 596. The second-order valence-electron chi connectivity index (χ2n) is 5.80. The third-order valence-corrected chi connectivity index (χ3v) is 4.91. The molecule has 0 radical (unpaired) electrons. The predicted octanol–water partition coefficient (Wildman–Crippen LogP) is 3.28. The molecule has 0 aliphatic carbocycles. The molecule has 0 spiro atoms. The van der Waals surface area contributed by atoms with Crippen molar-refractivity contribution in [3.8, 4) is 0 Å². The summed E-state index contributed by atoms with van der Waals surface area (Å²) in [4.78, 5) is 2.06. The summed E-state index contributed by atoms with van der Waals surface area (Å²) in [5.41, 5.74) is 0.163. The average Bonchev–Trinajstić information content (AvgIpc) is 2.44. The molecule has 1 aromatic carbocycles. The van der Waals surface area contributed by atoms with Crippen molar-refractivity contribution in [3.05, 3.63) is 35.4 Å². The summed E-state index contributed by atoms with van der Waals surface area (Å²) < 4.78 is 60.5. The fourth-order valence-corrected chi connectivity index (χ4v) is 3.38. The summed E-state index contributed by atoms with van der Waals surface area (Å²) in [7, 11) is -3.05. The minimum absolute atomic E-state index is 0.00205. The zero-order valence-corrected chi connectivity index (χ0v) is 13.3. The van der Waals surface area contributed by atoms with Gasteiger partial charge in [-0.15, -0.1) is 0 Å². The van der Waals surface area contributed by atoms with Crippen LogP contribution in [0.3, 0.4) is 0 Å². The van der Waals surface area contributed by atoms with Crippen molar-refractivity contribution < 1.29 is 21.6 Å². The van der Waals surface area contributed by atoms with E-state index in [9.17, 15) is 21.6 Å². The second kappa shape index (κ2) is 6.58. The number of piperidine rings is 1. The number of nitrogens with zero attached hydrogens (tertiary/aromatic N) is 1. The number of hydrogen-bond donors (Lipinski definition) is 0. The van der Waals surface area contributed by atoms with Crippen LogP contribution in [0.4, 0.5) is 13.2 Å². The van der Waals surface area contributed by atoms with Crippen molar-refractivity contribution in [3.63, 3.8) is 0 Å². The fourth-order valence-electron chi connectivity index (χ4n) is 2.81. The third-order valence-electron chi connectivity index (χ3n) is 3.99. The van der Waals surface area contributed by atoms with E-state index in [0.29, 0.717) is 6.54 Å². The van der Waals surface area contributed by atoms with Gasteiger partial charge in [-0.1, -0.05) is 18.6 Å². The van der Waals surface area contributed by atoms with Crippen LogP contribution >= 0.6 is 0 Å². The van der Waals surface area contributed by atoms with E-state index < -0.39 is 21.6 Å². The lowest BCUT2D eigenvalue weighted by molar-refractivity contribution is -0.137. The van der Waals surface area contributed by atoms with Crippen LogP contribution in [0.5, 0.6) is 0 Å². The topological polar surface area (TPSA) is 37.4 Å². The summed E-state index contributed by atoms with van der Waals surface area (Å²) in [5.74, 6) is 0.0735. The van der Waals surface area contributed by atoms with Crippen LogP contribution in [-0.4, -0.2) is 38.4 Å². The number of rotatable bonds is 4. The number of likely N-dealkylation sites (tertiary alicyclic amines) is 1. The number of hydrogen-bond acceptors (Lipinski definition) is 3. The minimum Gasteiger partial charge on any atom is -0.295 e. The van der Waals surface area contributed by atoms with E-state index in [0.717, 1.165) is 43.5 Å². The van der Waals surface area contributed by atoms with Gasteiger partial charge in [0, 0.05) is 18.8 Å². The van der Waals surface area contributed by atoms with Gasteiger partial charge >= 0.3 is 6.18 Å². The molecule has 1 aliphatic rings. The van der Waals surface area contributed by atoms with Gasteiger partial charge in [0.15, 0.2) is 0 Å². The van der Waals surface area contributed by atoms with E-state index >= 15 is 0 Å². The number of sulfone groups is 1. The Morgan fingerprint density at radius 1 is 1.18 bits per heavy atom. The highest BCUT2D eigenvalue weighted by Crippen LogP contribution is 2.34. The van der Waals surface area contributed by atoms with Crippen molar-refractivity contribution >= 4 is 9.84 Å². The maximum absolute atomic E-state index is 12.6. The van der Waals surface area contributed by atoms with Gasteiger partial charge in [0.25, 0.3) is 0 Å². The first-order valence-corrected chi connectivity index (χ1v) is 9.32. The molecule has 2 rings (SSSR count). The summed E-state index contributed by atoms with van der Waals surface area (Å²) in [5, 5.41) is 0. The SMILES string of the molecule is CS(=O)(=O)CCN1CCCC[C@@H]1c1ccc(C(F)(F)F)cc1. The highest BCUT2D eigenvalue weighted by atomic mass is 32.2. The molecule has 0 bridgehead atoms. The van der Waals surface area contributed by atoms with Crippen LogP contribution in [-0.2, 0) is 16.0 Å². The first-order valence-electron chi connectivity index (χ1n) is 7.26. The predicted molar refractivity (Wildman–Crippen MR) is 79.3 cm³/mol. The van der Waals surface area contributed by atoms with E-state index in [-0.39, 0.29) is 11.8 Å². The Hall–Kier alpha value is -1.08. The lowest BCUT2D eigenvalue weighted by atomic mass is 9.94. The molecular weight excluding hydrogens is 315 g/mol. The van der Waals surface area contributed by atoms with E-state index in [1.165, 1.54) is 18.4 Å². The molecule has 1 fully saturated rings. The maximum atomic E-state index is 12.6. The first kappa shape index (κ1) is 17.3. The van der Waals surface area contributed by atoms with Crippen LogP contribution in [0, 0.1) is 0 Å². The Kier molecular flexibility index (Phi) is 5.17. The molecule has 124 valence electrons. The van der Waals surface area contributed by atoms with Gasteiger partial charge in [0.05, 0.1) is 11.3 Å². The van der Waals surface area contributed by atoms with Gasteiger partial charge in [0.2, 0.25) is 0 Å². The Morgan fingerprint density at radius 2 is 1.82 bits per heavy atom. The van der Waals surface area contributed by atoms with Crippen LogP contribution in [0.25, 0.3) is 0 Å². The largest absolute Gasteiger partial charge is 0.416 e. The van der Waals surface area contributed by atoms with Crippen LogP contribution in [0.1, 0.15) is 36.4 Å². The molecule has 7 heteroatoms. The smallest absolute Gasteiger partial charge is 0.295 e. The zero-order valence-electron chi connectivity index (χ0n) is 12.4. The molecular formula is C15H20F3NO2S. The monoisotopic (exact) mass is 335 g/mol. The van der Waals surface area contributed by atoms with Crippen LogP contribution in [0.15, 0.2) is 24.3 Å². The molecule has 0 amide bonds. The molecule has 1 aliphatic heterocycles. The quantitative estimate of drug-likeness (QED) is 0.847. The van der Waals surface area contributed by atoms with Crippen molar-refractivity contribution in [2.24, 2.45) is 0 Å². The number of alkyl halides is 3. The normalized spacial score (nSPS) is 21.0. The molecule has 3 nitrogen and oxygen atoms in total. The molecule has 22 heavy (non-hydrogen) atoms. The molecule has 0 saturated carbocycles. The van der Waals surface area contributed by atoms with Crippen molar-refractivity contribution in [2.75, 3.05) is 25.1 Å². The maximum Gasteiger partial charge on any atom is 0.416 e. The zero-order chi connectivity index (χ0) is 16.4. The standard InChI is InChI=1S/C15H20F3NO2S/c1-22(20,21)11-10-19-9-3-2-4-14(19)12-5-7-13(8-6-12)15(16,17)18/h5-8,14H,2-4,9-11H2,1H3/t14-/m1/s1. The van der Waals surface area contributed by atoms with E-state index in [1.807, 2.05) is 0 Å². The van der Waals surface area contributed by atoms with Gasteiger partial charge < -0.3 is 0 Å². The van der Waals surface area contributed by atoms with Crippen molar-refractivity contribution in [1.82, 2.24) is 4.90 Å². The second-order valence-corrected chi connectivity index (χ2v) is 8.06. The van der Waals surface area contributed by atoms with Gasteiger partial charge in [-0.25, -0.2) is 8.42 Å². The minimum atomic E-state index is -4.33. The van der Waals surface area contributed by atoms with Gasteiger partial charge in [-0.3, -0.25) is 4.90 Å². The lowest BCUT2D eigenvalue weighted by Gasteiger charge is -2.36. The summed E-state index contributed by atoms with van der Waals surface area (Å²) >= 11 is 0. The fraction of sp³-hybridized carbons (Fsp3) is 0.600. The molecule has 0 unspecified atom stereocenters. The Labute approximate surface area is 129 Å². The molecule has 0 N–H and O–H groups in total. The summed E-state index contributed by atoms with van der Waals surface area (Å²) in [6.45, 7) is 1.20. The lowest BCUT2D eigenvalue weighted by Crippen LogP contribution is -2.36. The van der Waals surface area contributed by atoms with Crippen LogP contribution in [0.2, 0.25) is 0 Å². The van der Waals surface area contributed by atoms with Gasteiger partial charge in [-0.05, 0) is 37.1 Å². The highest BCUT2D eigenvalue weighted by Gasteiger charge is 2.31. The number of halogens is 3. The summed E-state index contributed by atoms with van der Waals surface area (Å²) in [6.07, 6.45) is -0.303. The number of benzene rings is 1. The third kappa shape index (κ3) is 4.71. The average molecular weight is 335 g/mol. The Morgan fingerprint density at radius 3 is 2.36 bits per heavy atom.